The average molecular weight is 502 g/mol. The Balaban J connectivity index is 1.76. The number of aryl methyl sites for hydroxylation is 2. The molecular weight excluding hydrogens is 470 g/mol. The van der Waals surface area contributed by atoms with Gasteiger partial charge in [0.25, 0.3) is 0 Å². The molecule has 3 heterocycles. The Morgan fingerprint density at radius 3 is 2.39 bits per heavy atom. The van der Waals surface area contributed by atoms with Gasteiger partial charge in [0, 0.05) is 54.1 Å². The van der Waals surface area contributed by atoms with Gasteiger partial charge in [0.15, 0.2) is 0 Å². The number of nitrogens with zero attached hydrogens (tertiary/aromatic N) is 3. The number of aromatic nitrogens is 2. The van der Waals surface area contributed by atoms with E-state index in [2.05, 4.69) is 79.8 Å². The third kappa shape index (κ3) is 3.38. The highest BCUT2D eigenvalue weighted by Crippen LogP contribution is 2.53. The zero-order valence-electron chi connectivity index (χ0n) is 22.2. The number of pyridine rings is 1. The fraction of sp³-hybridized carbons (Fsp3) is 0.212. The predicted molar refractivity (Wildman–Crippen MR) is 153 cm³/mol. The number of hydrogen-bond acceptors (Lipinski definition) is 4. The van der Waals surface area contributed by atoms with Crippen molar-refractivity contribution in [3.05, 3.63) is 119 Å². The van der Waals surface area contributed by atoms with Crippen molar-refractivity contribution < 1.29 is 9.53 Å². The van der Waals surface area contributed by atoms with Crippen molar-refractivity contribution in [2.75, 3.05) is 18.0 Å². The fourth-order valence-electron chi connectivity index (χ4n) is 6.09. The average Bonchev–Trinajstić information content (AvgIpc) is 3.42. The van der Waals surface area contributed by atoms with Crippen molar-refractivity contribution in [1.82, 2.24) is 9.55 Å². The predicted octanol–water partition coefficient (Wildman–Crippen LogP) is 6.86. The number of para-hydroxylation sites is 1. The first-order chi connectivity index (χ1) is 18.5. The number of anilines is 1. The normalized spacial score (nSPS) is 16.5. The van der Waals surface area contributed by atoms with E-state index in [-0.39, 0.29) is 5.97 Å². The number of cyclic esters (lactones) is 1. The second-order valence-corrected chi connectivity index (χ2v) is 9.81. The molecule has 1 unspecified atom stereocenters. The van der Waals surface area contributed by atoms with Crippen LogP contribution in [0.15, 0.2) is 91.1 Å². The molecule has 0 fully saturated rings. The molecule has 190 valence electrons. The van der Waals surface area contributed by atoms with Crippen molar-refractivity contribution >= 4 is 22.6 Å². The number of ether oxygens (including phenoxy) is 1. The van der Waals surface area contributed by atoms with E-state index >= 15 is 0 Å². The maximum Gasteiger partial charge on any atom is 0.341 e. The van der Waals surface area contributed by atoms with Gasteiger partial charge in [0.1, 0.15) is 5.69 Å². The summed E-state index contributed by atoms with van der Waals surface area (Å²) >= 11 is 0. The van der Waals surface area contributed by atoms with E-state index in [1.807, 2.05) is 36.4 Å². The van der Waals surface area contributed by atoms with Gasteiger partial charge in [-0.05, 0) is 62.2 Å². The lowest BCUT2D eigenvalue weighted by Crippen LogP contribution is -2.32. The summed E-state index contributed by atoms with van der Waals surface area (Å²) in [7, 11) is 2.08. The Morgan fingerprint density at radius 2 is 1.66 bits per heavy atom. The number of benzene rings is 3. The first kappa shape index (κ1) is 24.0. The Hall–Kier alpha value is -4.38. The lowest BCUT2D eigenvalue weighted by molar-refractivity contribution is 0.0247. The van der Waals surface area contributed by atoms with Gasteiger partial charge < -0.3 is 14.2 Å². The van der Waals surface area contributed by atoms with Crippen LogP contribution in [0.5, 0.6) is 0 Å². The summed E-state index contributed by atoms with van der Waals surface area (Å²) in [6.45, 7) is 8.26. The molecule has 1 aliphatic rings. The molecule has 5 nitrogen and oxygen atoms in total. The lowest BCUT2D eigenvalue weighted by atomic mass is 9.78. The first-order valence-corrected chi connectivity index (χ1v) is 13.2. The standard InChI is InChI=1S/C33H31N3O2/c1-5-36(6-2)24-18-19-27(22(3)21-24)33(31-26(32(37)38-33)16-12-20-34-31)29-25-15-10-11-17-28(25)35(4)30(29)23-13-8-7-9-14-23/h7-21H,5-6H2,1-4H3. The monoisotopic (exact) mass is 501 g/mol. The third-order valence-corrected chi connectivity index (χ3v) is 7.83. The smallest absolute Gasteiger partial charge is 0.341 e. The molecule has 0 spiro atoms. The van der Waals surface area contributed by atoms with Gasteiger partial charge in [0.05, 0.1) is 11.3 Å². The highest BCUT2D eigenvalue weighted by atomic mass is 16.6. The first-order valence-electron chi connectivity index (χ1n) is 13.2. The highest BCUT2D eigenvalue weighted by molar-refractivity contribution is 6.00. The van der Waals surface area contributed by atoms with Gasteiger partial charge >= 0.3 is 5.97 Å². The largest absolute Gasteiger partial charge is 0.439 e. The molecule has 0 saturated heterocycles. The van der Waals surface area contributed by atoms with Crippen LogP contribution in [0, 0.1) is 6.92 Å². The maximum absolute atomic E-state index is 13.5. The highest BCUT2D eigenvalue weighted by Gasteiger charge is 2.53. The van der Waals surface area contributed by atoms with Gasteiger partial charge in [0.2, 0.25) is 5.60 Å². The molecule has 1 aliphatic heterocycles. The van der Waals surface area contributed by atoms with E-state index in [4.69, 9.17) is 9.72 Å². The molecule has 0 amide bonds. The van der Waals surface area contributed by atoms with Crippen molar-refractivity contribution in [3.63, 3.8) is 0 Å². The number of carbonyl (C=O) groups is 1. The van der Waals surface area contributed by atoms with Gasteiger partial charge in [-0.3, -0.25) is 4.98 Å². The molecule has 3 aromatic carbocycles. The second-order valence-electron chi connectivity index (χ2n) is 9.81. The summed E-state index contributed by atoms with van der Waals surface area (Å²) in [4.78, 5) is 20.7. The number of rotatable bonds is 6. The summed E-state index contributed by atoms with van der Waals surface area (Å²) in [5.74, 6) is -0.354. The molecule has 0 aliphatic carbocycles. The van der Waals surface area contributed by atoms with E-state index in [1.54, 1.807) is 12.3 Å². The van der Waals surface area contributed by atoms with Crippen LogP contribution in [-0.2, 0) is 17.4 Å². The number of hydrogen-bond donors (Lipinski definition) is 0. The number of esters is 1. The van der Waals surface area contributed by atoms with Crippen molar-refractivity contribution in [3.8, 4) is 11.3 Å². The number of fused-ring (bicyclic) bond motifs is 2. The van der Waals surface area contributed by atoms with Crippen LogP contribution in [0.25, 0.3) is 22.2 Å². The van der Waals surface area contributed by atoms with E-state index in [9.17, 15) is 4.79 Å². The summed E-state index contributed by atoms with van der Waals surface area (Å²) in [5.41, 5.74) is 7.13. The molecule has 2 aromatic heterocycles. The minimum atomic E-state index is -1.20. The molecular formula is C33H31N3O2. The SMILES string of the molecule is CCN(CC)c1ccc(C2(c3c(-c4ccccc4)n(C)c4ccccc34)OC(=O)c3cccnc32)c(C)c1. The second kappa shape index (κ2) is 9.18. The summed E-state index contributed by atoms with van der Waals surface area (Å²) in [6, 6.07) is 28.7. The molecule has 6 rings (SSSR count). The summed E-state index contributed by atoms with van der Waals surface area (Å²) < 4.78 is 8.79. The summed E-state index contributed by atoms with van der Waals surface area (Å²) in [6.07, 6.45) is 1.75. The zero-order valence-corrected chi connectivity index (χ0v) is 22.2. The van der Waals surface area contributed by atoms with Crippen LogP contribution in [0.2, 0.25) is 0 Å². The van der Waals surface area contributed by atoms with Gasteiger partial charge in [-0.25, -0.2) is 4.79 Å². The molecule has 0 radical (unpaired) electrons. The molecule has 0 saturated carbocycles. The van der Waals surface area contributed by atoms with E-state index in [0.29, 0.717) is 11.3 Å². The van der Waals surface area contributed by atoms with Gasteiger partial charge in [-0.15, -0.1) is 0 Å². The van der Waals surface area contributed by atoms with Crippen LogP contribution in [0.3, 0.4) is 0 Å². The quantitative estimate of drug-likeness (QED) is 0.239. The maximum atomic E-state index is 13.5. The van der Waals surface area contributed by atoms with Crippen LogP contribution in [-0.4, -0.2) is 28.6 Å². The molecule has 1 atom stereocenters. The van der Waals surface area contributed by atoms with E-state index in [0.717, 1.165) is 57.6 Å². The van der Waals surface area contributed by atoms with Crippen molar-refractivity contribution in [2.24, 2.45) is 7.05 Å². The molecule has 0 N–H and O–H groups in total. The Morgan fingerprint density at radius 1 is 0.921 bits per heavy atom. The van der Waals surface area contributed by atoms with E-state index < -0.39 is 5.60 Å². The molecule has 5 heteroatoms. The number of carbonyl (C=O) groups excluding carboxylic acids is 1. The van der Waals surface area contributed by atoms with Gasteiger partial charge in [-0.2, -0.15) is 0 Å². The fourth-order valence-corrected chi connectivity index (χ4v) is 6.09. The van der Waals surface area contributed by atoms with E-state index in [1.165, 1.54) is 0 Å². The van der Waals surface area contributed by atoms with Crippen LogP contribution in [0.4, 0.5) is 5.69 Å². The minimum absolute atomic E-state index is 0.354. The lowest BCUT2D eigenvalue weighted by Gasteiger charge is -2.32. The Bertz CT molecular complexity index is 1670. The van der Waals surface area contributed by atoms with Crippen molar-refractivity contribution in [2.45, 2.75) is 26.4 Å². The molecule has 5 aromatic rings. The minimum Gasteiger partial charge on any atom is -0.439 e. The zero-order chi connectivity index (χ0) is 26.4. The third-order valence-electron chi connectivity index (χ3n) is 7.83. The molecule has 0 bridgehead atoms. The topological polar surface area (TPSA) is 47.4 Å². The summed E-state index contributed by atoms with van der Waals surface area (Å²) in [5, 5.41) is 1.03. The Kier molecular flexibility index (Phi) is 5.79. The van der Waals surface area contributed by atoms with Crippen LogP contribution in [0.1, 0.15) is 46.6 Å². The van der Waals surface area contributed by atoms with Crippen molar-refractivity contribution in [1.29, 1.82) is 0 Å². The van der Waals surface area contributed by atoms with Crippen LogP contribution >= 0.6 is 0 Å². The molecule has 38 heavy (non-hydrogen) atoms. The Labute approximate surface area is 223 Å². The van der Waals surface area contributed by atoms with Gasteiger partial charge in [-0.1, -0.05) is 54.6 Å². The van der Waals surface area contributed by atoms with Crippen LogP contribution < -0.4 is 4.90 Å².